The molecule has 0 aliphatic carbocycles. The summed E-state index contributed by atoms with van der Waals surface area (Å²) in [6, 6.07) is 3.67. The van der Waals surface area contributed by atoms with Crippen LogP contribution in [0.15, 0.2) is 22.7 Å². The number of aliphatic hydroxyl groups excluding tert-OH is 1. The average molecular weight is 290 g/mol. The molecule has 1 rings (SSSR count). The highest BCUT2D eigenvalue weighted by molar-refractivity contribution is 9.10. The monoisotopic (exact) mass is 289 g/mol. The van der Waals surface area contributed by atoms with E-state index in [0.717, 1.165) is 6.07 Å². The molecule has 1 atom stereocenters. The van der Waals surface area contributed by atoms with Crippen LogP contribution in [0, 0.1) is 5.82 Å². The fraction of sp³-hybridized carbons (Fsp3) is 0.364. The van der Waals surface area contributed by atoms with Gasteiger partial charge < -0.3 is 10.4 Å². The Hall–Kier alpha value is -0.940. The quantitative estimate of drug-likeness (QED) is 0.892. The van der Waals surface area contributed by atoms with E-state index in [-0.39, 0.29) is 24.1 Å². The summed E-state index contributed by atoms with van der Waals surface area (Å²) < 4.78 is 13.5. The average Bonchev–Trinajstić information content (AvgIpc) is 2.24. The number of hydrogen-bond donors (Lipinski definition) is 2. The Kier molecular flexibility index (Phi) is 4.89. The van der Waals surface area contributed by atoms with Crippen LogP contribution in [0.2, 0.25) is 0 Å². The lowest BCUT2D eigenvalue weighted by atomic mass is 10.1. The van der Waals surface area contributed by atoms with E-state index >= 15 is 0 Å². The van der Waals surface area contributed by atoms with Crippen LogP contribution in [-0.4, -0.2) is 23.7 Å². The van der Waals surface area contributed by atoms with Gasteiger partial charge in [-0.25, -0.2) is 4.39 Å². The zero-order valence-electron chi connectivity index (χ0n) is 8.84. The molecule has 0 saturated carbocycles. The zero-order valence-corrected chi connectivity index (χ0v) is 10.4. The van der Waals surface area contributed by atoms with Gasteiger partial charge in [0.05, 0.1) is 12.6 Å². The second kappa shape index (κ2) is 5.96. The van der Waals surface area contributed by atoms with Crippen molar-refractivity contribution in [3.63, 3.8) is 0 Å². The molecule has 0 aromatic heterocycles. The normalized spacial score (nSPS) is 12.2. The molecule has 16 heavy (non-hydrogen) atoms. The van der Waals surface area contributed by atoms with Gasteiger partial charge in [0.25, 0.3) is 5.91 Å². The van der Waals surface area contributed by atoms with Gasteiger partial charge in [-0.05, 0) is 24.6 Å². The van der Waals surface area contributed by atoms with E-state index in [9.17, 15) is 9.18 Å². The Labute approximate surface area is 102 Å². The van der Waals surface area contributed by atoms with E-state index in [1.54, 1.807) is 0 Å². The van der Waals surface area contributed by atoms with Crippen LogP contribution >= 0.6 is 15.9 Å². The van der Waals surface area contributed by atoms with Crippen molar-refractivity contribution in [2.24, 2.45) is 0 Å². The zero-order chi connectivity index (χ0) is 12.1. The van der Waals surface area contributed by atoms with Gasteiger partial charge in [0.1, 0.15) is 5.82 Å². The van der Waals surface area contributed by atoms with Crippen molar-refractivity contribution in [1.29, 1.82) is 0 Å². The number of rotatable bonds is 4. The maximum Gasteiger partial charge on any atom is 0.251 e. The van der Waals surface area contributed by atoms with Gasteiger partial charge in [-0.3, -0.25) is 4.79 Å². The molecule has 1 aromatic carbocycles. The van der Waals surface area contributed by atoms with Crippen LogP contribution in [0.1, 0.15) is 23.7 Å². The van der Waals surface area contributed by atoms with Crippen LogP contribution in [0.25, 0.3) is 0 Å². The lowest BCUT2D eigenvalue weighted by molar-refractivity contribution is 0.0914. The summed E-state index contributed by atoms with van der Waals surface area (Å²) in [5.74, 6) is -0.863. The molecule has 1 aromatic rings. The van der Waals surface area contributed by atoms with E-state index in [4.69, 9.17) is 5.11 Å². The Morgan fingerprint density at radius 3 is 2.75 bits per heavy atom. The Balaban J connectivity index is 2.80. The van der Waals surface area contributed by atoms with E-state index in [0.29, 0.717) is 10.9 Å². The van der Waals surface area contributed by atoms with Gasteiger partial charge in [0.15, 0.2) is 0 Å². The van der Waals surface area contributed by atoms with Gasteiger partial charge >= 0.3 is 0 Å². The van der Waals surface area contributed by atoms with Gasteiger partial charge in [-0.15, -0.1) is 0 Å². The molecule has 0 unspecified atom stereocenters. The second-order valence-corrected chi connectivity index (χ2v) is 4.34. The Morgan fingerprint density at radius 1 is 1.56 bits per heavy atom. The van der Waals surface area contributed by atoms with Gasteiger partial charge in [-0.2, -0.15) is 0 Å². The van der Waals surface area contributed by atoms with E-state index in [1.807, 2.05) is 6.92 Å². The minimum Gasteiger partial charge on any atom is -0.394 e. The van der Waals surface area contributed by atoms with Crippen LogP contribution in [0.5, 0.6) is 0 Å². The summed E-state index contributed by atoms with van der Waals surface area (Å²) in [7, 11) is 0. The molecule has 0 aliphatic heterocycles. The molecule has 0 spiro atoms. The predicted octanol–water partition coefficient (Wildman–Crippen LogP) is 2.09. The predicted molar refractivity (Wildman–Crippen MR) is 62.7 cm³/mol. The first-order valence-corrected chi connectivity index (χ1v) is 5.74. The molecule has 0 aliphatic rings. The molecule has 88 valence electrons. The molecular formula is C11H13BrFNO2. The summed E-state index contributed by atoms with van der Waals surface area (Å²) in [4.78, 5) is 11.7. The third-order valence-corrected chi connectivity index (χ3v) is 2.63. The first-order valence-electron chi connectivity index (χ1n) is 4.94. The molecule has 3 nitrogen and oxygen atoms in total. The number of carbonyl (C=O) groups excluding carboxylic acids is 1. The van der Waals surface area contributed by atoms with Crippen molar-refractivity contribution >= 4 is 21.8 Å². The topological polar surface area (TPSA) is 49.3 Å². The molecule has 1 amide bonds. The fourth-order valence-corrected chi connectivity index (χ4v) is 1.70. The highest BCUT2D eigenvalue weighted by Gasteiger charge is 2.12. The lowest BCUT2D eigenvalue weighted by Crippen LogP contribution is -2.36. The van der Waals surface area contributed by atoms with E-state index < -0.39 is 5.82 Å². The molecule has 0 fully saturated rings. The minimum atomic E-state index is -0.475. The third kappa shape index (κ3) is 3.57. The number of halogens is 2. The standard InChI is InChI=1S/C11H13BrFNO2/c1-2-10(6-15)14-11(16)7-3-8(12)5-9(13)4-7/h3-5,10,15H,2,6H2,1H3,(H,14,16)/t10-/m0/s1. The largest absolute Gasteiger partial charge is 0.394 e. The highest BCUT2D eigenvalue weighted by atomic mass is 79.9. The lowest BCUT2D eigenvalue weighted by Gasteiger charge is -2.14. The molecule has 0 heterocycles. The van der Waals surface area contributed by atoms with Crippen molar-refractivity contribution in [3.8, 4) is 0 Å². The Morgan fingerprint density at radius 2 is 2.25 bits per heavy atom. The van der Waals surface area contributed by atoms with E-state index in [2.05, 4.69) is 21.2 Å². The number of nitrogens with one attached hydrogen (secondary N) is 1. The number of aliphatic hydroxyl groups is 1. The third-order valence-electron chi connectivity index (χ3n) is 2.17. The van der Waals surface area contributed by atoms with Crippen LogP contribution in [-0.2, 0) is 0 Å². The maximum atomic E-state index is 13.0. The second-order valence-electron chi connectivity index (χ2n) is 3.42. The summed E-state index contributed by atoms with van der Waals surface area (Å²) >= 11 is 3.11. The van der Waals surface area contributed by atoms with Crippen LogP contribution in [0.4, 0.5) is 4.39 Å². The highest BCUT2D eigenvalue weighted by Crippen LogP contribution is 2.15. The first-order chi connectivity index (χ1) is 7.56. The fourth-order valence-electron chi connectivity index (χ4n) is 1.23. The minimum absolute atomic E-state index is 0.126. The number of carbonyl (C=O) groups is 1. The molecule has 2 N–H and O–H groups in total. The van der Waals surface area contributed by atoms with Crippen LogP contribution in [0.3, 0.4) is 0 Å². The number of amides is 1. The van der Waals surface area contributed by atoms with Crippen molar-refractivity contribution < 1.29 is 14.3 Å². The van der Waals surface area contributed by atoms with Crippen molar-refractivity contribution in [1.82, 2.24) is 5.32 Å². The van der Waals surface area contributed by atoms with Gasteiger partial charge in [0.2, 0.25) is 0 Å². The molecule has 5 heteroatoms. The maximum absolute atomic E-state index is 13.0. The molecule has 0 bridgehead atoms. The number of benzene rings is 1. The van der Waals surface area contributed by atoms with Gasteiger partial charge in [0, 0.05) is 10.0 Å². The summed E-state index contributed by atoms with van der Waals surface area (Å²) in [6.07, 6.45) is 0.624. The SMILES string of the molecule is CC[C@@H](CO)NC(=O)c1cc(F)cc(Br)c1. The molecule has 0 saturated heterocycles. The van der Waals surface area contributed by atoms with Crippen molar-refractivity contribution in [2.75, 3.05) is 6.61 Å². The first kappa shape index (κ1) is 13.1. The summed E-state index contributed by atoms with van der Waals surface area (Å²) in [5, 5.41) is 11.5. The van der Waals surface area contributed by atoms with Gasteiger partial charge in [-0.1, -0.05) is 22.9 Å². The van der Waals surface area contributed by atoms with E-state index in [1.165, 1.54) is 12.1 Å². The Bertz CT molecular complexity index is 360. The molecular weight excluding hydrogens is 277 g/mol. The van der Waals surface area contributed by atoms with Crippen molar-refractivity contribution in [3.05, 3.63) is 34.1 Å². The smallest absolute Gasteiger partial charge is 0.251 e. The van der Waals surface area contributed by atoms with Crippen molar-refractivity contribution in [2.45, 2.75) is 19.4 Å². The summed E-state index contributed by atoms with van der Waals surface area (Å²) in [6.45, 7) is 1.72. The molecule has 0 radical (unpaired) electrons. The summed E-state index contributed by atoms with van der Waals surface area (Å²) in [5.41, 5.74) is 0.235. The number of hydrogen-bond acceptors (Lipinski definition) is 2. The van der Waals surface area contributed by atoms with Crippen LogP contribution < -0.4 is 5.32 Å².